The number of hydrogen-bond acceptors (Lipinski definition) is 2. The molecule has 2 aromatic carbocycles. The molecule has 0 radical (unpaired) electrons. The van der Waals surface area contributed by atoms with Gasteiger partial charge in [0.25, 0.3) is 0 Å². The number of rotatable bonds is 2. The van der Waals surface area contributed by atoms with E-state index in [0.717, 1.165) is 11.1 Å². The number of benzene rings is 2. The predicted molar refractivity (Wildman–Crippen MR) is 91.1 cm³/mol. The standard InChI is InChI=1S/C19H14F2OS/c20-17-5-1-13(2-6-17)9-15-11-23-12-16(19(15)22)10-14-3-7-18(21)8-4-14/h1-10H,11-12H2/b15-9+,16-10+. The van der Waals surface area contributed by atoms with E-state index in [1.54, 1.807) is 48.2 Å². The SMILES string of the molecule is O=C1/C(=C/c2ccc(F)cc2)CSC/C1=C\c1ccc(F)cc1. The van der Waals surface area contributed by atoms with Crippen LogP contribution in [0.15, 0.2) is 59.7 Å². The molecule has 0 atom stereocenters. The van der Waals surface area contributed by atoms with Crippen molar-refractivity contribution in [2.45, 2.75) is 0 Å². The third-order valence-electron chi connectivity index (χ3n) is 3.52. The number of halogens is 2. The average Bonchev–Trinajstić information content (AvgIpc) is 2.55. The van der Waals surface area contributed by atoms with Crippen LogP contribution < -0.4 is 0 Å². The van der Waals surface area contributed by atoms with Crippen LogP contribution in [0.3, 0.4) is 0 Å². The highest BCUT2D eigenvalue weighted by atomic mass is 32.2. The number of ketones is 1. The summed E-state index contributed by atoms with van der Waals surface area (Å²) in [5.41, 5.74) is 3.00. The van der Waals surface area contributed by atoms with Gasteiger partial charge in [-0.25, -0.2) is 8.78 Å². The maximum Gasteiger partial charge on any atom is 0.186 e. The molecular formula is C19H14F2OS. The minimum absolute atomic E-state index is 0.00241. The van der Waals surface area contributed by atoms with Crippen LogP contribution in [0.25, 0.3) is 12.2 Å². The second kappa shape index (κ2) is 6.92. The fourth-order valence-corrected chi connectivity index (χ4v) is 3.31. The molecule has 23 heavy (non-hydrogen) atoms. The molecule has 0 aromatic heterocycles. The molecule has 1 nitrogen and oxygen atoms in total. The van der Waals surface area contributed by atoms with E-state index in [0.29, 0.717) is 22.7 Å². The molecule has 0 aliphatic carbocycles. The first-order valence-electron chi connectivity index (χ1n) is 7.16. The first-order valence-corrected chi connectivity index (χ1v) is 8.32. The van der Waals surface area contributed by atoms with Crippen LogP contribution in [-0.4, -0.2) is 17.3 Å². The smallest absolute Gasteiger partial charge is 0.186 e. The summed E-state index contributed by atoms with van der Waals surface area (Å²) in [5.74, 6) is 0.674. The van der Waals surface area contributed by atoms with E-state index >= 15 is 0 Å². The van der Waals surface area contributed by atoms with E-state index in [9.17, 15) is 13.6 Å². The summed E-state index contributed by atoms with van der Waals surface area (Å²) in [5, 5.41) is 0. The van der Waals surface area contributed by atoms with Gasteiger partial charge >= 0.3 is 0 Å². The van der Waals surface area contributed by atoms with E-state index in [1.165, 1.54) is 24.3 Å². The molecule has 0 bridgehead atoms. The van der Waals surface area contributed by atoms with E-state index in [-0.39, 0.29) is 17.4 Å². The molecule has 0 amide bonds. The Labute approximate surface area is 137 Å². The van der Waals surface area contributed by atoms with Crippen LogP contribution in [0.1, 0.15) is 11.1 Å². The molecule has 0 saturated carbocycles. The van der Waals surface area contributed by atoms with Crippen molar-refractivity contribution in [3.8, 4) is 0 Å². The molecule has 116 valence electrons. The van der Waals surface area contributed by atoms with Crippen LogP contribution >= 0.6 is 11.8 Å². The summed E-state index contributed by atoms with van der Waals surface area (Å²) in [6, 6.07) is 12.1. The summed E-state index contributed by atoms with van der Waals surface area (Å²) in [6.07, 6.45) is 3.60. The topological polar surface area (TPSA) is 17.1 Å². The first-order chi connectivity index (χ1) is 11.1. The zero-order valence-electron chi connectivity index (χ0n) is 12.3. The Hall–Kier alpha value is -2.20. The van der Waals surface area contributed by atoms with Crippen molar-refractivity contribution < 1.29 is 13.6 Å². The normalized spacial score (nSPS) is 18.6. The number of carbonyl (C=O) groups is 1. The Morgan fingerprint density at radius 3 is 1.52 bits per heavy atom. The lowest BCUT2D eigenvalue weighted by atomic mass is 10.0. The third-order valence-corrected chi connectivity index (χ3v) is 4.55. The molecule has 0 spiro atoms. The third kappa shape index (κ3) is 3.96. The molecule has 0 N–H and O–H groups in total. The Morgan fingerprint density at radius 1 is 0.739 bits per heavy atom. The summed E-state index contributed by atoms with van der Waals surface area (Å²) in [4.78, 5) is 12.6. The van der Waals surface area contributed by atoms with Gasteiger partial charge in [0.1, 0.15) is 11.6 Å². The fraction of sp³-hybridized carbons (Fsp3) is 0.105. The second-order valence-corrected chi connectivity index (χ2v) is 6.25. The highest BCUT2D eigenvalue weighted by Crippen LogP contribution is 2.27. The van der Waals surface area contributed by atoms with Gasteiger partial charge in [-0.05, 0) is 47.5 Å². The molecule has 3 rings (SSSR count). The van der Waals surface area contributed by atoms with Crippen molar-refractivity contribution in [3.63, 3.8) is 0 Å². The van der Waals surface area contributed by atoms with Crippen molar-refractivity contribution in [1.29, 1.82) is 0 Å². The molecule has 1 fully saturated rings. The molecule has 4 heteroatoms. The minimum atomic E-state index is -0.298. The van der Waals surface area contributed by atoms with Crippen LogP contribution in [0.2, 0.25) is 0 Å². The van der Waals surface area contributed by atoms with Gasteiger partial charge in [-0.3, -0.25) is 4.79 Å². The highest BCUT2D eigenvalue weighted by Gasteiger charge is 2.20. The highest BCUT2D eigenvalue weighted by molar-refractivity contribution is 7.99. The van der Waals surface area contributed by atoms with Gasteiger partial charge in [0.2, 0.25) is 0 Å². The van der Waals surface area contributed by atoms with Crippen molar-refractivity contribution in [2.75, 3.05) is 11.5 Å². The Kier molecular flexibility index (Phi) is 4.72. The van der Waals surface area contributed by atoms with Crippen LogP contribution in [0, 0.1) is 11.6 Å². The monoisotopic (exact) mass is 328 g/mol. The summed E-state index contributed by atoms with van der Waals surface area (Å²) in [7, 11) is 0. The van der Waals surface area contributed by atoms with Crippen molar-refractivity contribution in [2.24, 2.45) is 0 Å². The molecule has 1 aliphatic heterocycles. The van der Waals surface area contributed by atoms with Gasteiger partial charge in [-0.1, -0.05) is 24.3 Å². The number of carbonyl (C=O) groups excluding carboxylic acids is 1. The fourth-order valence-electron chi connectivity index (χ4n) is 2.34. The van der Waals surface area contributed by atoms with E-state index in [4.69, 9.17) is 0 Å². The maximum atomic E-state index is 12.9. The quantitative estimate of drug-likeness (QED) is 0.740. The van der Waals surface area contributed by atoms with Crippen molar-refractivity contribution in [1.82, 2.24) is 0 Å². The lowest BCUT2D eigenvalue weighted by Crippen LogP contribution is -2.16. The average molecular weight is 328 g/mol. The van der Waals surface area contributed by atoms with E-state index in [2.05, 4.69) is 0 Å². The molecule has 1 heterocycles. The second-order valence-electron chi connectivity index (χ2n) is 5.26. The maximum absolute atomic E-state index is 12.9. The molecule has 2 aromatic rings. The Bertz CT molecular complexity index is 709. The van der Waals surface area contributed by atoms with E-state index < -0.39 is 0 Å². The number of Topliss-reactive ketones (excluding diaryl/α,β-unsaturated/α-hetero) is 1. The van der Waals surface area contributed by atoms with Gasteiger partial charge in [-0.15, -0.1) is 0 Å². The number of thioether (sulfide) groups is 1. The predicted octanol–water partition coefficient (Wildman–Crippen LogP) is 4.75. The molecular weight excluding hydrogens is 314 g/mol. The summed E-state index contributed by atoms with van der Waals surface area (Å²) in [6.45, 7) is 0. The lowest BCUT2D eigenvalue weighted by molar-refractivity contribution is -0.112. The molecule has 0 unspecified atom stereocenters. The number of hydrogen-bond donors (Lipinski definition) is 0. The van der Waals surface area contributed by atoms with Gasteiger partial charge in [0.05, 0.1) is 0 Å². The molecule has 1 aliphatic rings. The van der Waals surface area contributed by atoms with Crippen molar-refractivity contribution in [3.05, 3.63) is 82.4 Å². The largest absolute Gasteiger partial charge is 0.289 e. The zero-order valence-corrected chi connectivity index (χ0v) is 13.1. The zero-order chi connectivity index (χ0) is 16.2. The van der Waals surface area contributed by atoms with Crippen LogP contribution in [0.5, 0.6) is 0 Å². The van der Waals surface area contributed by atoms with Crippen LogP contribution in [0.4, 0.5) is 8.78 Å². The van der Waals surface area contributed by atoms with Crippen molar-refractivity contribution >= 4 is 29.7 Å². The van der Waals surface area contributed by atoms with Gasteiger partial charge in [0.15, 0.2) is 5.78 Å². The lowest BCUT2D eigenvalue weighted by Gasteiger charge is -2.16. The Morgan fingerprint density at radius 2 is 1.13 bits per heavy atom. The summed E-state index contributed by atoms with van der Waals surface area (Å²) >= 11 is 1.65. The summed E-state index contributed by atoms with van der Waals surface area (Å²) < 4.78 is 25.9. The molecule has 1 saturated heterocycles. The Balaban J connectivity index is 1.86. The van der Waals surface area contributed by atoms with E-state index in [1.807, 2.05) is 0 Å². The van der Waals surface area contributed by atoms with Gasteiger partial charge < -0.3 is 0 Å². The van der Waals surface area contributed by atoms with Crippen LogP contribution in [-0.2, 0) is 4.79 Å². The first kappa shape index (κ1) is 15.7. The minimum Gasteiger partial charge on any atom is -0.289 e. The van der Waals surface area contributed by atoms with Gasteiger partial charge in [0, 0.05) is 22.7 Å². The van der Waals surface area contributed by atoms with Gasteiger partial charge in [-0.2, -0.15) is 11.8 Å².